The van der Waals surface area contributed by atoms with Gasteiger partial charge < -0.3 is 0 Å². The monoisotopic (exact) mass is 218 g/mol. The van der Waals surface area contributed by atoms with E-state index in [0.29, 0.717) is 5.92 Å². The zero-order valence-corrected chi connectivity index (χ0v) is 9.79. The number of nitrogens with zero attached hydrogens (tertiary/aromatic N) is 2. The lowest BCUT2D eigenvalue weighted by molar-refractivity contribution is 0.654. The average Bonchev–Trinajstić information content (AvgIpc) is 2.67. The van der Waals surface area contributed by atoms with E-state index < -0.39 is 0 Å². The highest BCUT2D eigenvalue weighted by molar-refractivity contribution is 7.15. The fourth-order valence-corrected chi connectivity index (χ4v) is 2.60. The Hall–Kier alpha value is -1.22. The van der Waals surface area contributed by atoms with Crippen molar-refractivity contribution in [2.45, 2.75) is 20.3 Å². The van der Waals surface area contributed by atoms with Gasteiger partial charge in [-0.2, -0.15) is 0 Å². The molecule has 0 saturated carbocycles. The van der Waals surface area contributed by atoms with Gasteiger partial charge in [0.05, 0.1) is 4.88 Å². The van der Waals surface area contributed by atoms with Crippen LogP contribution in [0, 0.1) is 5.92 Å². The minimum atomic E-state index is 0.702. The van der Waals surface area contributed by atoms with Crippen LogP contribution in [-0.2, 0) is 6.42 Å². The molecular weight excluding hydrogens is 204 g/mol. The zero-order valence-electron chi connectivity index (χ0n) is 8.97. The van der Waals surface area contributed by atoms with Gasteiger partial charge in [-0.1, -0.05) is 13.8 Å². The molecule has 0 fully saturated rings. The van der Waals surface area contributed by atoms with Crippen LogP contribution in [0.3, 0.4) is 0 Å². The van der Waals surface area contributed by atoms with E-state index in [2.05, 4.69) is 35.9 Å². The molecule has 0 amide bonds. The van der Waals surface area contributed by atoms with E-state index in [1.165, 1.54) is 4.88 Å². The second-order valence-corrected chi connectivity index (χ2v) is 5.10. The maximum absolute atomic E-state index is 4.24. The lowest BCUT2D eigenvalue weighted by Gasteiger charge is -1.99. The second-order valence-electron chi connectivity index (χ2n) is 3.94. The van der Waals surface area contributed by atoms with Crippen LogP contribution in [-0.4, -0.2) is 9.97 Å². The molecule has 0 aliphatic heterocycles. The Morgan fingerprint density at radius 1 is 1.20 bits per heavy atom. The molecule has 0 aliphatic carbocycles. The summed E-state index contributed by atoms with van der Waals surface area (Å²) in [6.07, 6.45) is 4.70. The highest BCUT2D eigenvalue weighted by Crippen LogP contribution is 2.26. The summed E-state index contributed by atoms with van der Waals surface area (Å²) < 4.78 is 0. The van der Waals surface area contributed by atoms with Crippen molar-refractivity contribution < 1.29 is 0 Å². The molecule has 0 atom stereocenters. The summed E-state index contributed by atoms with van der Waals surface area (Å²) in [5, 5.41) is 0. The lowest BCUT2D eigenvalue weighted by atomic mass is 10.1. The van der Waals surface area contributed by atoms with Gasteiger partial charge in [0.1, 0.15) is 0 Å². The Morgan fingerprint density at radius 3 is 2.60 bits per heavy atom. The van der Waals surface area contributed by atoms with E-state index in [4.69, 9.17) is 0 Å². The van der Waals surface area contributed by atoms with Crippen LogP contribution in [0.15, 0.2) is 30.6 Å². The first-order valence-corrected chi connectivity index (χ1v) is 5.93. The topological polar surface area (TPSA) is 25.8 Å². The van der Waals surface area contributed by atoms with Gasteiger partial charge in [0, 0.05) is 17.3 Å². The molecule has 0 N–H and O–H groups in total. The SMILES string of the molecule is CC(C)Cc1ccc(-c2ncccn2)s1. The van der Waals surface area contributed by atoms with Crippen LogP contribution >= 0.6 is 11.3 Å². The zero-order chi connectivity index (χ0) is 10.7. The summed E-state index contributed by atoms with van der Waals surface area (Å²) in [5.41, 5.74) is 0. The van der Waals surface area contributed by atoms with Crippen LogP contribution in [0.2, 0.25) is 0 Å². The van der Waals surface area contributed by atoms with Crippen molar-refractivity contribution in [1.29, 1.82) is 0 Å². The molecule has 0 spiro atoms. The molecule has 15 heavy (non-hydrogen) atoms. The Bertz CT molecular complexity index is 420. The van der Waals surface area contributed by atoms with Crippen LogP contribution in [0.5, 0.6) is 0 Å². The largest absolute Gasteiger partial charge is 0.236 e. The third-order valence-electron chi connectivity index (χ3n) is 2.06. The lowest BCUT2D eigenvalue weighted by Crippen LogP contribution is -1.89. The number of thiophene rings is 1. The van der Waals surface area contributed by atoms with E-state index in [0.717, 1.165) is 17.1 Å². The number of aromatic nitrogens is 2. The quantitative estimate of drug-likeness (QED) is 0.789. The third-order valence-corrected chi connectivity index (χ3v) is 3.16. The minimum Gasteiger partial charge on any atom is -0.236 e. The van der Waals surface area contributed by atoms with Gasteiger partial charge >= 0.3 is 0 Å². The van der Waals surface area contributed by atoms with E-state index in [-0.39, 0.29) is 0 Å². The first-order valence-electron chi connectivity index (χ1n) is 5.12. The molecule has 3 heteroatoms. The van der Waals surface area contributed by atoms with E-state index in [1.807, 2.05) is 6.07 Å². The molecule has 0 bridgehead atoms. The fourth-order valence-electron chi connectivity index (χ4n) is 1.44. The fraction of sp³-hybridized carbons (Fsp3) is 0.333. The van der Waals surface area contributed by atoms with Crippen molar-refractivity contribution in [3.05, 3.63) is 35.5 Å². The van der Waals surface area contributed by atoms with Crippen LogP contribution in [0.25, 0.3) is 10.7 Å². The summed E-state index contributed by atoms with van der Waals surface area (Å²) >= 11 is 1.79. The molecule has 2 rings (SSSR count). The third kappa shape index (κ3) is 2.63. The van der Waals surface area contributed by atoms with Gasteiger partial charge in [0.2, 0.25) is 0 Å². The van der Waals surface area contributed by atoms with Crippen molar-refractivity contribution in [1.82, 2.24) is 9.97 Å². The summed E-state index contributed by atoms with van der Waals surface area (Å²) in [6.45, 7) is 4.47. The van der Waals surface area contributed by atoms with E-state index in [1.54, 1.807) is 23.7 Å². The Balaban J connectivity index is 2.21. The molecule has 2 nitrogen and oxygen atoms in total. The van der Waals surface area contributed by atoms with Gasteiger partial charge in [0.25, 0.3) is 0 Å². The normalized spacial score (nSPS) is 10.9. The predicted octanol–water partition coefficient (Wildman–Crippen LogP) is 3.40. The summed E-state index contributed by atoms with van der Waals surface area (Å²) in [4.78, 5) is 11.0. The van der Waals surface area contributed by atoms with Gasteiger partial charge in [-0.3, -0.25) is 0 Å². The Labute approximate surface area is 94.0 Å². The number of hydrogen-bond acceptors (Lipinski definition) is 3. The average molecular weight is 218 g/mol. The van der Waals surface area contributed by atoms with Gasteiger partial charge in [-0.25, -0.2) is 9.97 Å². The molecule has 0 saturated heterocycles. The minimum absolute atomic E-state index is 0.702. The van der Waals surface area contributed by atoms with Gasteiger partial charge in [-0.05, 0) is 30.5 Å². The number of hydrogen-bond donors (Lipinski definition) is 0. The smallest absolute Gasteiger partial charge is 0.169 e. The van der Waals surface area contributed by atoms with Crippen LogP contribution in [0.4, 0.5) is 0 Å². The Morgan fingerprint density at radius 2 is 1.93 bits per heavy atom. The maximum Gasteiger partial charge on any atom is 0.169 e. The van der Waals surface area contributed by atoms with Crippen LogP contribution in [0.1, 0.15) is 18.7 Å². The van der Waals surface area contributed by atoms with Crippen molar-refractivity contribution in [3.63, 3.8) is 0 Å². The summed E-state index contributed by atoms with van der Waals surface area (Å²) in [6, 6.07) is 6.13. The van der Waals surface area contributed by atoms with Crippen molar-refractivity contribution in [3.8, 4) is 10.7 Å². The van der Waals surface area contributed by atoms with Crippen LogP contribution < -0.4 is 0 Å². The molecule has 2 heterocycles. The standard InChI is InChI=1S/C12H14N2S/c1-9(2)8-10-4-5-11(15-10)12-13-6-3-7-14-12/h3-7,9H,8H2,1-2H3. The molecular formula is C12H14N2S. The summed E-state index contributed by atoms with van der Waals surface area (Å²) in [7, 11) is 0. The molecule has 0 radical (unpaired) electrons. The molecule has 2 aromatic rings. The second kappa shape index (κ2) is 4.53. The number of rotatable bonds is 3. The van der Waals surface area contributed by atoms with E-state index >= 15 is 0 Å². The van der Waals surface area contributed by atoms with Gasteiger partial charge in [-0.15, -0.1) is 11.3 Å². The first kappa shape index (κ1) is 10.3. The van der Waals surface area contributed by atoms with E-state index in [9.17, 15) is 0 Å². The molecule has 0 aliphatic rings. The van der Waals surface area contributed by atoms with Crippen molar-refractivity contribution in [2.75, 3.05) is 0 Å². The highest BCUT2D eigenvalue weighted by atomic mass is 32.1. The van der Waals surface area contributed by atoms with Crippen molar-refractivity contribution >= 4 is 11.3 Å². The predicted molar refractivity (Wildman–Crippen MR) is 63.9 cm³/mol. The highest BCUT2D eigenvalue weighted by Gasteiger charge is 2.05. The maximum atomic E-state index is 4.24. The molecule has 2 aromatic heterocycles. The van der Waals surface area contributed by atoms with Crippen molar-refractivity contribution in [2.24, 2.45) is 5.92 Å². The molecule has 78 valence electrons. The van der Waals surface area contributed by atoms with Gasteiger partial charge in [0.15, 0.2) is 5.82 Å². The molecule has 0 aromatic carbocycles. The Kier molecular flexibility index (Phi) is 3.11. The first-order chi connectivity index (χ1) is 7.25. The molecule has 0 unspecified atom stereocenters. The summed E-state index contributed by atoms with van der Waals surface area (Å²) in [5.74, 6) is 1.53.